The number of hydrogen-bond acceptors (Lipinski definition) is 1. The Labute approximate surface area is 139 Å². The van der Waals surface area contributed by atoms with Crippen LogP contribution >= 0.6 is 0 Å². The monoisotopic (exact) mass is 311 g/mol. The Morgan fingerprint density at radius 1 is 0.818 bits per heavy atom. The van der Waals surface area contributed by atoms with Gasteiger partial charge in [0, 0.05) is 0 Å². The lowest BCUT2D eigenvalue weighted by atomic mass is 9.65. The molecule has 132 valence electrons. The molecule has 2 nitrogen and oxygen atoms in total. The minimum atomic E-state index is -0.663. The Bertz CT molecular complexity index is 271. The molecule has 0 aliphatic rings. The molecule has 22 heavy (non-hydrogen) atoms. The molecule has 2 heteroatoms. The summed E-state index contributed by atoms with van der Waals surface area (Å²) in [5.74, 6) is -0.913. The largest absolute Gasteiger partial charge is 0.481 e. The van der Waals surface area contributed by atoms with Crippen molar-refractivity contribution in [3.05, 3.63) is 0 Å². The highest BCUT2D eigenvalue weighted by Crippen LogP contribution is 2.32. The summed E-state index contributed by atoms with van der Waals surface area (Å²) < 4.78 is 0. The van der Waals surface area contributed by atoms with E-state index >= 15 is 0 Å². The summed E-state index contributed by atoms with van der Waals surface area (Å²) in [6.45, 7) is 8.28. The molecular formula is C20H40O2. The van der Waals surface area contributed by atoms with Crippen LogP contribution in [0.5, 0.6) is 0 Å². The first kappa shape index (κ1) is 21.5. The Kier molecular flexibility index (Phi) is 12.6. The third kappa shape index (κ3) is 11.1. The van der Waals surface area contributed by atoms with Crippen LogP contribution in [0.4, 0.5) is 0 Å². The van der Waals surface area contributed by atoms with Crippen LogP contribution in [0.1, 0.15) is 111 Å². The number of rotatable bonds is 15. The molecule has 0 rings (SSSR count). The van der Waals surface area contributed by atoms with E-state index in [0.717, 1.165) is 6.42 Å². The summed E-state index contributed by atoms with van der Waals surface area (Å²) >= 11 is 0. The van der Waals surface area contributed by atoms with Gasteiger partial charge in [0.15, 0.2) is 0 Å². The molecule has 0 saturated carbocycles. The minimum Gasteiger partial charge on any atom is -0.481 e. The maximum atomic E-state index is 11.1. The second-order valence-corrected chi connectivity index (χ2v) is 7.69. The van der Waals surface area contributed by atoms with E-state index in [1.54, 1.807) is 0 Å². The van der Waals surface area contributed by atoms with Crippen LogP contribution < -0.4 is 0 Å². The average Bonchev–Trinajstić information content (AvgIpc) is 2.47. The van der Waals surface area contributed by atoms with Gasteiger partial charge in [-0.05, 0) is 11.8 Å². The van der Waals surface area contributed by atoms with Crippen molar-refractivity contribution >= 4 is 5.97 Å². The van der Waals surface area contributed by atoms with Crippen molar-refractivity contribution in [3.63, 3.8) is 0 Å². The molecule has 0 aliphatic carbocycles. The first-order valence-corrected chi connectivity index (χ1v) is 9.64. The summed E-state index contributed by atoms with van der Waals surface area (Å²) in [4.78, 5) is 11.1. The van der Waals surface area contributed by atoms with E-state index in [9.17, 15) is 4.79 Å². The van der Waals surface area contributed by atoms with Gasteiger partial charge in [0.05, 0.1) is 5.92 Å². The van der Waals surface area contributed by atoms with E-state index in [-0.39, 0.29) is 11.3 Å². The normalized spacial score (nSPS) is 13.3. The lowest BCUT2D eigenvalue weighted by Gasteiger charge is -2.28. The van der Waals surface area contributed by atoms with Crippen LogP contribution in [0.3, 0.4) is 0 Å². The molecule has 0 saturated heterocycles. The SMILES string of the molecule is CCCCCCCCCCCCCCC(C)(C)C(C)[11C](=O)O. The molecule has 0 fully saturated rings. The fourth-order valence-corrected chi connectivity index (χ4v) is 2.97. The molecule has 0 heterocycles. The van der Waals surface area contributed by atoms with Crippen LogP contribution in [0.25, 0.3) is 0 Å². The number of unbranched alkanes of at least 4 members (excludes halogenated alkanes) is 11. The summed E-state index contributed by atoms with van der Waals surface area (Å²) in [5.41, 5.74) is -0.0790. The Balaban J connectivity index is 3.38. The van der Waals surface area contributed by atoms with Gasteiger partial charge in [-0.15, -0.1) is 0 Å². The molecule has 0 aromatic rings. The van der Waals surface area contributed by atoms with Crippen LogP contribution in [-0.4, -0.2) is 11.1 Å². The maximum absolute atomic E-state index is 11.1. The van der Waals surface area contributed by atoms with Crippen molar-refractivity contribution in [1.82, 2.24) is 0 Å². The van der Waals surface area contributed by atoms with Crippen molar-refractivity contribution in [2.75, 3.05) is 0 Å². The van der Waals surface area contributed by atoms with E-state index in [4.69, 9.17) is 5.11 Å². The highest BCUT2D eigenvalue weighted by Gasteiger charge is 2.30. The summed E-state index contributed by atoms with van der Waals surface area (Å²) in [6.07, 6.45) is 17.3. The molecule has 1 atom stereocenters. The molecule has 0 spiro atoms. The van der Waals surface area contributed by atoms with Gasteiger partial charge in [0.1, 0.15) is 0 Å². The van der Waals surface area contributed by atoms with Gasteiger partial charge in [-0.3, -0.25) is 4.79 Å². The lowest BCUT2D eigenvalue weighted by Crippen LogP contribution is -2.28. The van der Waals surface area contributed by atoms with Crippen LogP contribution in [0.15, 0.2) is 0 Å². The quantitative estimate of drug-likeness (QED) is 0.337. The molecule has 1 unspecified atom stereocenters. The van der Waals surface area contributed by atoms with Crippen molar-refractivity contribution in [2.45, 2.75) is 111 Å². The molecule has 0 bridgehead atoms. The maximum Gasteiger partial charge on any atom is 0.306 e. The molecule has 0 aliphatic heterocycles. The van der Waals surface area contributed by atoms with Crippen LogP contribution in [0.2, 0.25) is 0 Å². The number of carboxylic acid groups (broad SMARTS) is 1. The van der Waals surface area contributed by atoms with E-state index in [0.29, 0.717) is 0 Å². The highest BCUT2D eigenvalue weighted by molar-refractivity contribution is 5.70. The zero-order valence-electron chi connectivity index (χ0n) is 15.6. The smallest absolute Gasteiger partial charge is 0.306 e. The predicted octanol–water partition coefficient (Wildman–Crippen LogP) is 6.82. The predicted molar refractivity (Wildman–Crippen MR) is 96.3 cm³/mol. The van der Waals surface area contributed by atoms with E-state index < -0.39 is 5.97 Å². The van der Waals surface area contributed by atoms with Gasteiger partial charge < -0.3 is 5.11 Å². The van der Waals surface area contributed by atoms with Crippen molar-refractivity contribution in [3.8, 4) is 0 Å². The van der Waals surface area contributed by atoms with Gasteiger partial charge in [0.2, 0.25) is 0 Å². The zero-order chi connectivity index (χ0) is 16.8. The Morgan fingerprint density at radius 2 is 1.18 bits per heavy atom. The Morgan fingerprint density at radius 3 is 1.55 bits per heavy atom. The van der Waals surface area contributed by atoms with Gasteiger partial charge in [0.25, 0.3) is 0 Å². The first-order chi connectivity index (χ1) is 10.4. The van der Waals surface area contributed by atoms with Gasteiger partial charge in [-0.1, -0.05) is 105 Å². The molecule has 0 amide bonds. The van der Waals surface area contributed by atoms with Crippen LogP contribution in [-0.2, 0) is 4.79 Å². The molecule has 0 radical (unpaired) electrons. The molecule has 1 N–H and O–H groups in total. The highest BCUT2D eigenvalue weighted by atomic mass is 16.3. The van der Waals surface area contributed by atoms with Gasteiger partial charge in [-0.2, -0.15) is 0 Å². The second kappa shape index (κ2) is 13.0. The summed E-state index contributed by atoms with van der Waals surface area (Å²) in [5, 5.41) is 9.11. The topological polar surface area (TPSA) is 37.3 Å². The number of carboxylic acids is 1. The Hall–Kier alpha value is -0.530. The van der Waals surface area contributed by atoms with Gasteiger partial charge in [-0.25, -0.2) is 0 Å². The fraction of sp³-hybridized carbons (Fsp3) is 0.950. The third-order valence-corrected chi connectivity index (χ3v) is 5.22. The molecule has 0 aromatic heterocycles. The number of hydrogen-bond donors (Lipinski definition) is 1. The number of aliphatic carboxylic acids is 1. The van der Waals surface area contributed by atoms with Crippen LogP contribution in [0, 0.1) is 11.3 Å². The minimum absolute atomic E-state index is 0.0790. The fourth-order valence-electron chi connectivity index (χ4n) is 2.97. The third-order valence-electron chi connectivity index (χ3n) is 5.22. The second-order valence-electron chi connectivity index (χ2n) is 7.69. The lowest BCUT2D eigenvalue weighted by molar-refractivity contribution is -0.145. The molecular weight excluding hydrogens is 271 g/mol. The standard InChI is InChI=1S/C20H40O2/c1-5-6-7-8-9-10-11-12-13-14-15-16-17-20(3,4)18(2)19(21)22/h18H,5-17H2,1-4H3,(H,21,22)/i19-1. The summed E-state index contributed by atoms with van der Waals surface area (Å²) in [7, 11) is 0. The van der Waals surface area contributed by atoms with E-state index in [1.807, 2.05) is 6.92 Å². The van der Waals surface area contributed by atoms with Crippen molar-refractivity contribution in [1.29, 1.82) is 0 Å². The van der Waals surface area contributed by atoms with E-state index in [2.05, 4.69) is 20.8 Å². The first-order valence-electron chi connectivity index (χ1n) is 9.64. The number of carbonyl (C=O) groups is 1. The van der Waals surface area contributed by atoms with Crippen molar-refractivity contribution in [2.24, 2.45) is 11.3 Å². The average molecular weight is 312 g/mol. The zero-order valence-corrected chi connectivity index (χ0v) is 15.6. The van der Waals surface area contributed by atoms with Crippen molar-refractivity contribution < 1.29 is 9.90 Å². The summed E-state index contributed by atoms with van der Waals surface area (Å²) in [6, 6.07) is 0. The molecule has 0 aromatic carbocycles. The van der Waals surface area contributed by atoms with Gasteiger partial charge >= 0.3 is 5.97 Å². The van der Waals surface area contributed by atoms with E-state index in [1.165, 1.54) is 77.0 Å².